The molecule has 0 aliphatic rings. The molecule has 152 valence electrons. The maximum atomic E-state index is 12.8. The summed E-state index contributed by atoms with van der Waals surface area (Å²) in [5.74, 6) is -1.84. The first-order valence-corrected chi connectivity index (χ1v) is 9.75. The van der Waals surface area contributed by atoms with Crippen molar-refractivity contribution in [2.45, 2.75) is 6.92 Å². The highest BCUT2D eigenvalue weighted by atomic mass is 35.5. The predicted molar refractivity (Wildman–Crippen MR) is 114 cm³/mol. The predicted octanol–water partition coefficient (Wildman–Crippen LogP) is 5.62. The van der Waals surface area contributed by atoms with E-state index in [2.05, 4.69) is 0 Å². The molecule has 0 radical (unpaired) electrons. The molecule has 0 unspecified atom stereocenters. The lowest BCUT2D eigenvalue weighted by atomic mass is 9.98. The van der Waals surface area contributed by atoms with Gasteiger partial charge in [0.05, 0.1) is 27.8 Å². The monoisotopic (exact) mass is 442 g/mol. The average molecular weight is 443 g/mol. The molecule has 0 N–H and O–H groups in total. The normalized spacial score (nSPS) is 10.4. The molecule has 0 aliphatic carbocycles. The number of ketones is 1. The maximum absolute atomic E-state index is 12.8. The number of hydrogen-bond acceptors (Lipinski definition) is 5. The molecule has 0 amide bonds. The van der Waals surface area contributed by atoms with Crippen LogP contribution in [0.3, 0.4) is 0 Å². The van der Waals surface area contributed by atoms with Crippen molar-refractivity contribution in [2.75, 3.05) is 6.61 Å². The topological polar surface area (TPSA) is 69.7 Å². The van der Waals surface area contributed by atoms with Crippen LogP contribution in [0.15, 0.2) is 66.7 Å². The Balaban J connectivity index is 1.91. The van der Waals surface area contributed by atoms with Gasteiger partial charge in [0.15, 0.2) is 11.5 Å². The minimum Gasteiger partial charge on any atom is -0.462 e. The largest absolute Gasteiger partial charge is 0.462 e. The molecule has 7 heteroatoms. The third-order valence-corrected chi connectivity index (χ3v) is 4.69. The summed E-state index contributed by atoms with van der Waals surface area (Å²) in [6.07, 6.45) is 0. The Kier molecular flexibility index (Phi) is 6.87. The van der Waals surface area contributed by atoms with Crippen LogP contribution in [0.4, 0.5) is 0 Å². The van der Waals surface area contributed by atoms with E-state index in [0.29, 0.717) is 5.56 Å². The Morgan fingerprint density at radius 3 is 1.93 bits per heavy atom. The van der Waals surface area contributed by atoms with Crippen molar-refractivity contribution in [3.63, 3.8) is 0 Å². The lowest BCUT2D eigenvalue weighted by Crippen LogP contribution is -2.15. The van der Waals surface area contributed by atoms with Crippen LogP contribution < -0.4 is 4.74 Å². The SMILES string of the molecule is CCOC(=O)c1cc(Cl)c(OC(=O)c2ccccc2C(=O)c2ccccc2)c(Cl)c1. The van der Waals surface area contributed by atoms with Crippen molar-refractivity contribution >= 4 is 40.9 Å². The van der Waals surface area contributed by atoms with E-state index in [1.165, 1.54) is 18.2 Å². The quantitative estimate of drug-likeness (QED) is 0.281. The van der Waals surface area contributed by atoms with E-state index in [0.717, 1.165) is 0 Å². The Morgan fingerprint density at radius 1 is 0.767 bits per heavy atom. The lowest BCUT2D eigenvalue weighted by molar-refractivity contribution is 0.0526. The number of ether oxygens (including phenoxy) is 2. The Hall–Kier alpha value is -3.15. The van der Waals surface area contributed by atoms with Gasteiger partial charge in [0.25, 0.3) is 0 Å². The minimum absolute atomic E-state index is 0.0363. The molecule has 3 aromatic carbocycles. The maximum Gasteiger partial charge on any atom is 0.344 e. The van der Waals surface area contributed by atoms with Crippen LogP contribution in [0, 0.1) is 0 Å². The number of benzene rings is 3. The second-order valence-electron chi connectivity index (χ2n) is 6.12. The standard InChI is InChI=1S/C23H16Cl2O5/c1-2-29-22(27)15-12-18(24)21(19(25)13-15)30-23(28)17-11-7-6-10-16(17)20(26)14-8-4-3-5-9-14/h3-13H,2H2,1H3. The summed E-state index contributed by atoms with van der Waals surface area (Å²) in [5.41, 5.74) is 0.816. The van der Waals surface area contributed by atoms with Crippen molar-refractivity contribution in [3.8, 4) is 5.75 Å². The van der Waals surface area contributed by atoms with Crippen molar-refractivity contribution in [2.24, 2.45) is 0 Å². The van der Waals surface area contributed by atoms with Crippen molar-refractivity contribution in [1.29, 1.82) is 0 Å². The van der Waals surface area contributed by atoms with Gasteiger partial charge in [-0.15, -0.1) is 0 Å². The van der Waals surface area contributed by atoms with Gasteiger partial charge in [0.1, 0.15) is 0 Å². The highest BCUT2D eigenvalue weighted by Crippen LogP contribution is 2.35. The van der Waals surface area contributed by atoms with E-state index in [1.807, 2.05) is 0 Å². The van der Waals surface area contributed by atoms with Crippen LogP contribution in [0.1, 0.15) is 43.6 Å². The lowest BCUT2D eigenvalue weighted by Gasteiger charge is -2.12. The Bertz CT molecular complexity index is 1090. The van der Waals surface area contributed by atoms with Crippen LogP contribution in [0.2, 0.25) is 10.0 Å². The van der Waals surface area contributed by atoms with E-state index in [9.17, 15) is 14.4 Å². The molecule has 3 aromatic rings. The fourth-order valence-corrected chi connectivity index (χ4v) is 3.31. The molecule has 3 rings (SSSR count). The second kappa shape index (κ2) is 9.57. The first-order chi connectivity index (χ1) is 14.4. The molecule has 0 bridgehead atoms. The number of esters is 2. The molecule has 0 aliphatic heterocycles. The van der Waals surface area contributed by atoms with E-state index >= 15 is 0 Å². The molecule has 30 heavy (non-hydrogen) atoms. The smallest absolute Gasteiger partial charge is 0.344 e. The summed E-state index contributed by atoms with van der Waals surface area (Å²) < 4.78 is 10.3. The Labute approximate surface area is 183 Å². The summed E-state index contributed by atoms with van der Waals surface area (Å²) in [7, 11) is 0. The van der Waals surface area contributed by atoms with Gasteiger partial charge in [-0.05, 0) is 25.1 Å². The zero-order chi connectivity index (χ0) is 21.7. The molecule has 0 aromatic heterocycles. The van der Waals surface area contributed by atoms with Gasteiger partial charge in [-0.1, -0.05) is 71.7 Å². The average Bonchev–Trinajstić information content (AvgIpc) is 2.76. The van der Waals surface area contributed by atoms with E-state index in [4.69, 9.17) is 32.7 Å². The van der Waals surface area contributed by atoms with Crippen molar-refractivity contribution < 1.29 is 23.9 Å². The zero-order valence-corrected chi connectivity index (χ0v) is 17.4. The van der Waals surface area contributed by atoms with Gasteiger partial charge in [-0.3, -0.25) is 4.79 Å². The van der Waals surface area contributed by atoms with E-state index in [-0.39, 0.29) is 44.9 Å². The second-order valence-corrected chi connectivity index (χ2v) is 6.93. The van der Waals surface area contributed by atoms with Gasteiger partial charge in [-0.25, -0.2) is 9.59 Å². The van der Waals surface area contributed by atoms with Crippen molar-refractivity contribution in [3.05, 3.63) is 99.0 Å². The van der Waals surface area contributed by atoms with Gasteiger partial charge in [0.2, 0.25) is 0 Å². The van der Waals surface area contributed by atoms with Crippen LogP contribution in [0.5, 0.6) is 5.75 Å². The Morgan fingerprint density at radius 2 is 1.33 bits per heavy atom. The minimum atomic E-state index is -0.803. The fraction of sp³-hybridized carbons (Fsp3) is 0.0870. The molecule has 0 heterocycles. The van der Waals surface area contributed by atoms with Gasteiger partial charge >= 0.3 is 11.9 Å². The molecular formula is C23H16Cl2O5. The summed E-state index contributed by atoms with van der Waals surface area (Å²) in [6.45, 7) is 1.86. The number of rotatable bonds is 6. The molecule has 0 saturated heterocycles. The van der Waals surface area contributed by atoms with Crippen LogP contribution >= 0.6 is 23.2 Å². The van der Waals surface area contributed by atoms with Crippen LogP contribution in [-0.4, -0.2) is 24.3 Å². The fourth-order valence-electron chi connectivity index (χ4n) is 2.74. The van der Waals surface area contributed by atoms with E-state index in [1.54, 1.807) is 55.5 Å². The number of halogens is 2. The van der Waals surface area contributed by atoms with Gasteiger partial charge < -0.3 is 9.47 Å². The third kappa shape index (κ3) is 4.70. The molecule has 0 atom stereocenters. The summed E-state index contributed by atoms with van der Waals surface area (Å²) in [4.78, 5) is 37.5. The first kappa shape index (κ1) is 21.6. The van der Waals surface area contributed by atoms with Crippen molar-refractivity contribution in [1.82, 2.24) is 0 Å². The summed E-state index contributed by atoms with van der Waals surface area (Å²) in [6, 6.07) is 17.5. The summed E-state index contributed by atoms with van der Waals surface area (Å²) in [5, 5.41) is -0.0726. The number of carbonyl (C=O) groups excluding carboxylic acids is 3. The highest BCUT2D eigenvalue weighted by molar-refractivity contribution is 6.38. The van der Waals surface area contributed by atoms with Gasteiger partial charge in [-0.2, -0.15) is 0 Å². The molecule has 0 spiro atoms. The van der Waals surface area contributed by atoms with Crippen LogP contribution in [0.25, 0.3) is 0 Å². The number of hydrogen-bond donors (Lipinski definition) is 0. The van der Waals surface area contributed by atoms with E-state index < -0.39 is 11.9 Å². The zero-order valence-electron chi connectivity index (χ0n) is 15.9. The third-order valence-electron chi connectivity index (χ3n) is 4.13. The molecule has 5 nitrogen and oxygen atoms in total. The van der Waals surface area contributed by atoms with Crippen LogP contribution in [-0.2, 0) is 4.74 Å². The first-order valence-electron chi connectivity index (χ1n) is 8.99. The highest BCUT2D eigenvalue weighted by Gasteiger charge is 2.22. The number of carbonyl (C=O) groups is 3. The van der Waals surface area contributed by atoms with Gasteiger partial charge in [0, 0.05) is 11.1 Å². The molecule has 0 saturated carbocycles. The molecule has 0 fully saturated rings. The molecular weight excluding hydrogens is 427 g/mol. The summed E-state index contributed by atoms with van der Waals surface area (Å²) >= 11 is 12.3.